The van der Waals surface area contributed by atoms with Crippen molar-refractivity contribution < 1.29 is 62.0 Å². The van der Waals surface area contributed by atoms with Crippen LogP contribution < -0.4 is 21.3 Å². The fourth-order valence-electron chi connectivity index (χ4n) is 12.0. The highest BCUT2D eigenvalue weighted by molar-refractivity contribution is 5.89. The predicted octanol–water partition coefficient (Wildman–Crippen LogP) is 13.7. The van der Waals surface area contributed by atoms with Crippen LogP contribution in [0.5, 0.6) is 0 Å². The number of rotatable bonds is 5. The van der Waals surface area contributed by atoms with E-state index in [1.165, 1.54) is 32.0 Å². The molecule has 0 saturated carbocycles. The Kier molecular flexibility index (Phi) is 36.1. The summed E-state index contributed by atoms with van der Waals surface area (Å²) in [6.07, 6.45) is -1.85. The number of carbonyl (C=O) groups is 7. The summed E-state index contributed by atoms with van der Waals surface area (Å²) in [5.74, 6) is 0. The molecule has 6 aromatic carbocycles. The van der Waals surface area contributed by atoms with Crippen LogP contribution in [-0.4, -0.2) is 273 Å². The average Bonchev–Trinajstić information content (AvgIpc) is 0.848. The van der Waals surface area contributed by atoms with E-state index in [2.05, 4.69) is 104 Å². The largest absolute Gasteiger partial charge is 0.444 e. The summed E-state index contributed by atoms with van der Waals surface area (Å²) in [6.45, 7) is 48.6. The summed E-state index contributed by atoms with van der Waals surface area (Å²) in [6, 6.07) is 43.8. The van der Waals surface area contributed by atoms with Gasteiger partial charge in [-0.15, -0.1) is 0 Å². The van der Waals surface area contributed by atoms with Gasteiger partial charge in [-0.1, -0.05) is 109 Å². The minimum Gasteiger partial charge on any atom is -0.444 e. The van der Waals surface area contributed by atoms with Crippen molar-refractivity contribution in [3.63, 3.8) is 0 Å². The van der Waals surface area contributed by atoms with Crippen LogP contribution in [0.15, 0.2) is 127 Å². The van der Waals surface area contributed by atoms with Crippen molar-refractivity contribution in [3.8, 4) is 0 Å². The summed E-state index contributed by atoms with van der Waals surface area (Å²) in [4.78, 5) is 103. The number of nitrogens with one attached hydrogen (secondary N) is 4. The van der Waals surface area contributed by atoms with Crippen molar-refractivity contribution in [1.29, 1.82) is 0 Å². The van der Waals surface area contributed by atoms with Crippen molar-refractivity contribution in [2.45, 2.75) is 171 Å². The van der Waals surface area contributed by atoms with E-state index in [1.807, 2.05) is 158 Å². The van der Waals surface area contributed by atoms with E-state index >= 15 is 0 Å². The van der Waals surface area contributed by atoms with Gasteiger partial charge in [0.05, 0.1) is 0 Å². The zero-order valence-corrected chi connectivity index (χ0v) is 70.5. The molecule has 25 nitrogen and oxygen atoms in total. The summed E-state index contributed by atoms with van der Waals surface area (Å²) in [5, 5.41) is 21.0. The Labute approximate surface area is 666 Å². The molecular weight excluding hydrogens is 1420 g/mol. The molecule has 0 bridgehead atoms. The fraction of sp³-hybridized carbons (Fsp3) is 0.575. The zero-order chi connectivity index (χ0) is 82.3. The first-order valence-electron chi connectivity index (χ1n) is 39.7. The van der Waals surface area contributed by atoms with Gasteiger partial charge in [0.2, 0.25) is 0 Å². The summed E-state index contributed by atoms with van der Waals surface area (Å²) < 4.78 is 33.8. The lowest BCUT2D eigenvalue weighted by Gasteiger charge is -2.35. The third kappa shape index (κ3) is 36.3. The summed E-state index contributed by atoms with van der Waals surface area (Å²) in [7, 11) is 0. The van der Waals surface area contributed by atoms with E-state index in [9.17, 15) is 33.6 Å². The van der Waals surface area contributed by atoms with E-state index in [0.29, 0.717) is 58.9 Å². The van der Waals surface area contributed by atoms with Crippen LogP contribution in [0.2, 0.25) is 0 Å². The first-order chi connectivity index (χ1) is 52.7. The molecule has 0 radical (unpaired) electrons. The van der Waals surface area contributed by atoms with Gasteiger partial charge in [0, 0.05) is 176 Å². The number of hydrogen-bond acceptors (Lipinski definition) is 19. The molecule has 0 aromatic heterocycles. The van der Waals surface area contributed by atoms with E-state index < -0.39 is 70.2 Å². The standard InChI is InChI=1S/C34H52N4O6.C23H44N4O6.C19H28N4.C11H8O/c1-32(2,3)42-29(39)36-18-16-35(25-26-14-15-27-12-10-11-13-28(27)24-26)17-19-37(30(40)43-33(4,5)6)21-23-38(22-20-36)31(41)44-34(7,8)9;1-21(2,3)31-18(28)25-12-10-24-11-13-26(19(29)32-22(4,5)6)15-17-27(16-14-25)20(30)33-23(7,8)9;1-2-4-19-15-17(5-6-18(19)3-1)16-23-13-11-21-9-7-20-8-10-22-12-14-23;12-8-9-5-6-10-3-1-2-4-11(10)7-9/h10-15,24H,16-23,25H2,1-9H3;24H,10-17H2,1-9H3;1-6,15,20-22H,7-14,16H2;1-8H. The molecule has 25 heteroatoms. The Balaban J connectivity index is 0.000000252. The number of aldehydes is 1. The molecular formula is C87H132N12O13. The molecule has 0 aliphatic carbocycles. The van der Waals surface area contributed by atoms with Gasteiger partial charge >= 0.3 is 36.6 Å². The van der Waals surface area contributed by atoms with Crippen LogP contribution in [0.25, 0.3) is 32.3 Å². The first kappa shape index (κ1) is 92.0. The molecule has 3 saturated heterocycles. The number of carbonyl (C=O) groups excluding carboxylic acids is 7. The second kappa shape index (κ2) is 44.0. The molecule has 618 valence electrons. The van der Waals surface area contributed by atoms with E-state index in [1.54, 1.807) is 45.3 Å². The quantitative estimate of drug-likeness (QED) is 0.0925. The minimum atomic E-state index is -0.695. The average molecular weight is 1550 g/mol. The maximum Gasteiger partial charge on any atom is 0.410 e. The molecule has 112 heavy (non-hydrogen) atoms. The van der Waals surface area contributed by atoms with Crippen LogP contribution in [-0.2, 0) is 41.5 Å². The van der Waals surface area contributed by atoms with Gasteiger partial charge in [-0.2, -0.15) is 0 Å². The SMILES string of the molecule is CC(C)(C)OC(=O)N1CCN(Cc2ccc3ccccc3c2)CCN(C(=O)OC(C)(C)C)CCN(C(=O)OC(C)(C)C)CC1.CC(C)(C)OC(=O)N1CCNCCN(C(=O)OC(C)(C)C)CCN(C(=O)OC(C)(C)C)CC1.O=Cc1ccc2ccccc2c1.c1ccc2cc(CN3CCNCCNCCNCC3)ccc2c1. The summed E-state index contributed by atoms with van der Waals surface area (Å²) >= 11 is 0. The van der Waals surface area contributed by atoms with Gasteiger partial charge in [0.1, 0.15) is 39.9 Å². The third-order valence-electron chi connectivity index (χ3n) is 17.5. The predicted molar refractivity (Wildman–Crippen MR) is 446 cm³/mol. The molecule has 0 unspecified atom stereocenters. The Hall–Kier alpha value is -8.85. The lowest BCUT2D eigenvalue weighted by atomic mass is 10.1. The van der Waals surface area contributed by atoms with Gasteiger partial charge in [0.15, 0.2) is 0 Å². The minimum absolute atomic E-state index is 0.223. The second-order valence-electron chi connectivity index (χ2n) is 34.4. The molecule has 4 N–H and O–H groups in total. The first-order valence-corrected chi connectivity index (χ1v) is 39.7. The topological polar surface area (TPSA) is 249 Å². The van der Waals surface area contributed by atoms with E-state index in [4.69, 9.17) is 28.4 Å². The smallest absolute Gasteiger partial charge is 0.410 e. The Morgan fingerprint density at radius 2 is 0.500 bits per heavy atom. The highest BCUT2D eigenvalue weighted by Crippen LogP contribution is 2.23. The number of ether oxygens (including phenoxy) is 6. The highest BCUT2D eigenvalue weighted by Gasteiger charge is 2.32. The molecule has 0 atom stereocenters. The molecule has 9 rings (SSSR count). The molecule has 6 amide bonds. The Bertz CT molecular complexity index is 3830. The molecule has 0 spiro atoms. The highest BCUT2D eigenvalue weighted by atomic mass is 16.6. The summed E-state index contributed by atoms with van der Waals surface area (Å²) in [5.41, 5.74) is -0.653. The van der Waals surface area contributed by atoms with Crippen molar-refractivity contribution in [3.05, 3.63) is 144 Å². The van der Waals surface area contributed by atoms with Crippen molar-refractivity contribution in [1.82, 2.24) is 60.5 Å². The van der Waals surface area contributed by atoms with E-state index in [0.717, 1.165) is 87.1 Å². The Morgan fingerprint density at radius 3 is 0.786 bits per heavy atom. The zero-order valence-electron chi connectivity index (χ0n) is 70.5. The normalized spacial score (nSPS) is 16.7. The van der Waals surface area contributed by atoms with Gasteiger partial charge in [0.25, 0.3) is 0 Å². The third-order valence-corrected chi connectivity index (χ3v) is 17.5. The second-order valence-corrected chi connectivity index (χ2v) is 34.4. The number of hydrogen-bond donors (Lipinski definition) is 4. The van der Waals surface area contributed by atoms with Crippen LogP contribution in [0.3, 0.4) is 0 Å². The van der Waals surface area contributed by atoms with E-state index in [-0.39, 0.29) is 52.4 Å². The number of amides is 6. The van der Waals surface area contributed by atoms with Crippen molar-refractivity contribution >= 4 is 75.2 Å². The molecule has 3 fully saturated rings. The van der Waals surface area contributed by atoms with Gasteiger partial charge in [-0.05, 0) is 186 Å². The molecule has 3 aliphatic heterocycles. The van der Waals surface area contributed by atoms with Gasteiger partial charge in [-0.25, -0.2) is 28.8 Å². The maximum absolute atomic E-state index is 13.3. The maximum atomic E-state index is 13.3. The number of benzene rings is 6. The molecule has 6 aromatic rings. The van der Waals surface area contributed by atoms with Gasteiger partial charge in [-0.3, -0.25) is 14.6 Å². The van der Waals surface area contributed by atoms with Crippen LogP contribution in [0.1, 0.15) is 146 Å². The molecule has 3 heterocycles. The fourth-order valence-corrected chi connectivity index (χ4v) is 12.0. The molecule has 3 aliphatic rings. The van der Waals surface area contributed by atoms with Gasteiger partial charge < -0.3 is 79.1 Å². The lowest BCUT2D eigenvalue weighted by molar-refractivity contribution is 0.00447. The monoisotopic (exact) mass is 1550 g/mol. The number of nitrogens with zero attached hydrogens (tertiary/aromatic N) is 8. The number of fused-ring (bicyclic) bond motifs is 3. The van der Waals surface area contributed by atoms with Crippen LogP contribution >= 0.6 is 0 Å². The van der Waals surface area contributed by atoms with Crippen LogP contribution in [0, 0.1) is 0 Å². The lowest BCUT2D eigenvalue weighted by Crippen LogP contribution is -2.51. The van der Waals surface area contributed by atoms with Crippen LogP contribution in [0.4, 0.5) is 28.8 Å². The Morgan fingerprint density at radius 1 is 0.277 bits per heavy atom. The van der Waals surface area contributed by atoms with Crippen molar-refractivity contribution in [2.24, 2.45) is 0 Å². The van der Waals surface area contributed by atoms with Crippen molar-refractivity contribution in [2.75, 3.05) is 157 Å².